The average Bonchev–Trinajstić information content (AvgIpc) is 2.35. The predicted octanol–water partition coefficient (Wildman–Crippen LogP) is 1.40. The van der Waals surface area contributed by atoms with Crippen LogP contribution in [0.5, 0.6) is 0 Å². The number of halogens is 3. The highest BCUT2D eigenvalue weighted by molar-refractivity contribution is 7.80. The number of carbonyl (C=O) groups is 1. The Balaban J connectivity index is 2.43. The topological polar surface area (TPSA) is 49.6 Å². The van der Waals surface area contributed by atoms with Gasteiger partial charge in [0.2, 0.25) is 5.91 Å². The van der Waals surface area contributed by atoms with Crippen molar-refractivity contribution in [3.05, 3.63) is 0 Å². The number of hydrogen-bond acceptors (Lipinski definition) is 3. The minimum absolute atomic E-state index is 0.0143. The van der Waals surface area contributed by atoms with Crippen molar-refractivity contribution in [3.63, 3.8) is 0 Å². The van der Waals surface area contributed by atoms with Crippen molar-refractivity contribution in [2.75, 3.05) is 33.2 Å². The lowest BCUT2D eigenvalue weighted by Gasteiger charge is -2.34. The van der Waals surface area contributed by atoms with Crippen LogP contribution in [-0.4, -0.2) is 60.1 Å². The molecule has 0 aromatic rings. The molecule has 1 atom stereocenters. The summed E-state index contributed by atoms with van der Waals surface area (Å²) in [4.78, 5) is 15.2. The monoisotopic (exact) mass is 311 g/mol. The first-order valence-electron chi connectivity index (χ1n) is 6.51. The summed E-state index contributed by atoms with van der Waals surface area (Å²) in [5, 5.41) is 0. The van der Waals surface area contributed by atoms with Gasteiger partial charge in [-0.2, -0.15) is 13.2 Å². The molecule has 20 heavy (non-hydrogen) atoms. The molecule has 116 valence electrons. The van der Waals surface area contributed by atoms with Crippen LogP contribution in [0.3, 0.4) is 0 Å². The molecule has 1 unspecified atom stereocenters. The van der Waals surface area contributed by atoms with Crippen molar-refractivity contribution in [2.45, 2.75) is 25.4 Å². The highest BCUT2D eigenvalue weighted by Gasteiger charge is 2.41. The Morgan fingerprint density at radius 1 is 1.50 bits per heavy atom. The van der Waals surface area contributed by atoms with E-state index >= 15 is 0 Å². The molecule has 0 saturated carbocycles. The Kier molecular flexibility index (Phi) is 6.19. The Hall–Kier alpha value is -0.890. The van der Waals surface area contributed by atoms with E-state index in [4.69, 9.17) is 18.0 Å². The second-order valence-corrected chi connectivity index (χ2v) is 5.67. The molecule has 1 saturated heterocycles. The minimum Gasteiger partial charge on any atom is -0.393 e. The Labute approximate surface area is 122 Å². The summed E-state index contributed by atoms with van der Waals surface area (Å²) in [5.74, 6) is -1.53. The van der Waals surface area contributed by atoms with Crippen molar-refractivity contribution in [2.24, 2.45) is 11.7 Å². The molecular formula is C12H20F3N3OS. The normalized spacial score (nSPS) is 20.7. The van der Waals surface area contributed by atoms with Crippen LogP contribution in [0.1, 0.15) is 19.3 Å². The minimum atomic E-state index is -4.18. The number of carbonyl (C=O) groups excluding carboxylic acids is 1. The van der Waals surface area contributed by atoms with E-state index in [1.54, 1.807) is 11.9 Å². The number of rotatable bonds is 5. The number of nitrogens with two attached hydrogens (primary N) is 1. The highest BCUT2D eigenvalue weighted by Crippen LogP contribution is 2.32. The van der Waals surface area contributed by atoms with Gasteiger partial charge in [-0.25, -0.2) is 0 Å². The first kappa shape index (κ1) is 17.2. The lowest BCUT2D eigenvalue weighted by atomic mass is 9.97. The number of amides is 1. The first-order chi connectivity index (χ1) is 9.20. The van der Waals surface area contributed by atoms with Crippen LogP contribution in [0, 0.1) is 5.92 Å². The number of piperidine rings is 1. The molecule has 1 aliphatic rings. The van der Waals surface area contributed by atoms with Gasteiger partial charge in [0, 0.05) is 26.6 Å². The SMILES string of the molecule is CN(CCC(N)=S)C(=O)CN1CCCC(C(F)(F)F)C1. The second kappa shape index (κ2) is 7.21. The lowest BCUT2D eigenvalue weighted by Crippen LogP contribution is -2.46. The Morgan fingerprint density at radius 3 is 2.70 bits per heavy atom. The highest BCUT2D eigenvalue weighted by atomic mass is 32.1. The number of likely N-dealkylation sites (N-methyl/N-ethyl adjacent to an activating group) is 1. The number of hydrogen-bond donors (Lipinski definition) is 1. The molecule has 0 radical (unpaired) electrons. The summed E-state index contributed by atoms with van der Waals surface area (Å²) in [5.41, 5.74) is 5.35. The zero-order valence-electron chi connectivity index (χ0n) is 11.4. The molecule has 0 aliphatic carbocycles. The third-order valence-corrected chi connectivity index (χ3v) is 3.65. The van der Waals surface area contributed by atoms with Gasteiger partial charge in [-0.3, -0.25) is 9.69 Å². The summed E-state index contributed by atoms with van der Waals surface area (Å²) in [7, 11) is 1.60. The molecule has 1 amide bonds. The van der Waals surface area contributed by atoms with Gasteiger partial charge in [0.25, 0.3) is 0 Å². The Morgan fingerprint density at radius 2 is 2.15 bits per heavy atom. The van der Waals surface area contributed by atoms with E-state index in [2.05, 4.69) is 0 Å². The van der Waals surface area contributed by atoms with E-state index in [-0.39, 0.29) is 25.4 Å². The van der Waals surface area contributed by atoms with Crippen LogP contribution in [-0.2, 0) is 4.79 Å². The third-order valence-electron chi connectivity index (χ3n) is 3.45. The third kappa shape index (κ3) is 5.62. The van der Waals surface area contributed by atoms with E-state index in [0.717, 1.165) is 0 Å². The van der Waals surface area contributed by atoms with Crippen LogP contribution < -0.4 is 5.73 Å². The van der Waals surface area contributed by atoms with Crippen molar-refractivity contribution in [1.29, 1.82) is 0 Å². The molecule has 1 heterocycles. The van der Waals surface area contributed by atoms with Gasteiger partial charge in [0.05, 0.1) is 17.5 Å². The smallest absolute Gasteiger partial charge is 0.393 e. The molecule has 0 aromatic heterocycles. The first-order valence-corrected chi connectivity index (χ1v) is 6.92. The van der Waals surface area contributed by atoms with Gasteiger partial charge >= 0.3 is 6.18 Å². The van der Waals surface area contributed by atoms with Gasteiger partial charge in [-0.1, -0.05) is 12.2 Å². The molecule has 0 bridgehead atoms. The van der Waals surface area contributed by atoms with Gasteiger partial charge in [0.15, 0.2) is 0 Å². The van der Waals surface area contributed by atoms with Crippen molar-refractivity contribution >= 4 is 23.1 Å². The fraction of sp³-hybridized carbons (Fsp3) is 0.833. The molecule has 4 nitrogen and oxygen atoms in total. The standard InChI is InChI=1S/C12H20F3N3OS/c1-17(6-4-10(16)20)11(19)8-18-5-2-3-9(7-18)12(13,14)15/h9H,2-8H2,1H3,(H2,16,20). The summed E-state index contributed by atoms with van der Waals surface area (Å²) in [6.07, 6.45) is -3.15. The summed E-state index contributed by atoms with van der Waals surface area (Å²) < 4.78 is 38.0. The van der Waals surface area contributed by atoms with E-state index in [1.807, 2.05) is 0 Å². The summed E-state index contributed by atoms with van der Waals surface area (Å²) in [6.45, 7) is 0.838. The van der Waals surface area contributed by atoms with Gasteiger partial charge in [0.1, 0.15) is 0 Å². The molecule has 1 fully saturated rings. The maximum Gasteiger partial charge on any atom is 0.393 e. The zero-order chi connectivity index (χ0) is 15.3. The van der Waals surface area contributed by atoms with Gasteiger partial charge in [-0.15, -0.1) is 0 Å². The maximum atomic E-state index is 12.7. The zero-order valence-corrected chi connectivity index (χ0v) is 12.3. The van der Waals surface area contributed by atoms with E-state index in [9.17, 15) is 18.0 Å². The molecule has 0 spiro atoms. The van der Waals surface area contributed by atoms with Gasteiger partial charge in [-0.05, 0) is 19.4 Å². The number of nitrogens with zero attached hydrogens (tertiary/aromatic N) is 2. The fourth-order valence-electron chi connectivity index (χ4n) is 2.18. The second-order valence-electron chi connectivity index (χ2n) is 5.15. The van der Waals surface area contributed by atoms with Crippen LogP contribution in [0.15, 0.2) is 0 Å². The van der Waals surface area contributed by atoms with Gasteiger partial charge < -0.3 is 10.6 Å². The van der Waals surface area contributed by atoms with Crippen LogP contribution >= 0.6 is 12.2 Å². The molecule has 8 heteroatoms. The maximum absolute atomic E-state index is 12.7. The molecular weight excluding hydrogens is 291 g/mol. The van der Waals surface area contributed by atoms with E-state index < -0.39 is 12.1 Å². The number of thiocarbonyl (C=S) groups is 1. The quantitative estimate of drug-likeness (QED) is 0.780. The van der Waals surface area contributed by atoms with Crippen molar-refractivity contribution in [3.8, 4) is 0 Å². The van der Waals surface area contributed by atoms with Crippen LogP contribution in [0.2, 0.25) is 0 Å². The molecule has 1 aliphatic heterocycles. The van der Waals surface area contributed by atoms with Crippen molar-refractivity contribution < 1.29 is 18.0 Å². The van der Waals surface area contributed by atoms with Crippen LogP contribution in [0.25, 0.3) is 0 Å². The van der Waals surface area contributed by atoms with E-state index in [1.165, 1.54) is 4.90 Å². The predicted molar refractivity (Wildman–Crippen MR) is 74.3 cm³/mol. The summed E-state index contributed by atoms with van der Waals surface area (Å²) >= 11 is 4.72. The van der Waals surface area contributed by atoms with E-state index in [0.29, 0.717) is 30.9 Å². The van der Waals surface area contributed by atoms with Crippen LogP contribution in [0.4, 0.5) is 13.2 Å². The largest absolute Gasteiger partial charge is 0.393 e. The lowest BCUT2D eigenvalue weighted by molar-refractivity contribution is -0.187. The molecule has 0 aromatic carbocycles. The number of alkyl halides is 3. The van der Waals surface area contributed by atoms with Crippen molar-refractivity contribution in [1.82, 2.24) is 9.80 Å². The fourth-order valence-corrected chi connectivity index (χ4v) is 2.27. The molecule has 1 rings (SSSR count). The number of likely N-dealkylation sites (tertiary alicyclic amines) is 1. The summed E-state index contributed by atoms with van der Waals surface area (Å²) in [6, 6.07) is 0. The average molecular weight is 311 g/mol. The molecule has 2 N–H and O–H groups in total. The Bertz CT molecular complexity index is 362.